The number of carbonyl (C=O) groups is 2. The molecule has 0 spiro atoms. The Morgan fingerprint density at radius 3 is 2.37 bits per heavy atom. The van der Waals surface area contributed by atoms with Gasteiger partial charge in [-0.2, -0.15) is 0 Å². The van der Waals surface area contributed by atoms with Crippen molar-refractivity contribution >= 4 is 11.8 Å². The number of nitrogens with one attached hydrogen (secondary N) is 1. The maximum atomic E-state index is 12.2. The van der Waals surface area contributed by atoms with Gasteiger partial charge in [0.2, 0.25) is 11.8 Å². The van der Waals surface area contributed by atoms with Gasteiger partial charge in [0.25, 0.3) is 0 Å². The molecule has 0 saturated carbocycles. The van der Waals surface area contributed by atoms with Crippen LogP contribution in [0.25, 0.3) is 0 Å². The quantitative estimate of drug-likeness (QED) is 0.721. The number of likely N-dealkylation sites (tertiary alicyclic amines) is 1. The minimum atomic E-state index is -0.316. The van der Waals surface area contributed by atoms with E-state index in [9.17, 15) is 9.59 Å². The van der Waals surface area contributed by atoms with Gasteiger partial charge in [0.05, 0.1) is 12.5 Å². The molecule has 1 saturated heterocycles. The van der Waals surface area contributed by atoms with Gasteiger partial charge in [-0.05, 0) is 39.0 Å². The van der Waals surface area contributed by atoms with Gasteiger partial charge in [0.1, 0.15) is 0 Å². The second-order valence-corrected chi connectivity index (χ2v) is 6.15. The van der Waals surface area contributed by atoms with Gasteiger partial charge < -0.3 is 5.32 Å². The Kier molecular flexibility index (Phi) is 5.98. The Morgan fingerprint density at radius 2 is 1.84 bits per heavy atom. The molecule has 1 fully saturated rings. The molecular formula is C15H28N2O2. The third kappa shape index (κ3) is 4.30. The smallest absolute Gasteiger partial charge is 0.247 e. The highest BCUT2D eigenvalue weighted by molar-refractivity contribution is 6.05. The SMILES string of the molecule is CCC(C)N1C(=O)CC(NC(C)CCC(C)C)C1=O. The zero-order valence-electron chi connectivity index (χ0n) is 12.9. The van der Waals surface area contributed by atoms with Crippen molar-refractivity contribution < 1.29 is 9.59 Å². The highest BCUT2D eigenvalue weighted by Crippen LogP contribution is 2.19. The number of hydrogen-bond donors (Lipinski definition) is 1. The van der Waals surface area contributed by atoms with Crippen LogP contribution in [-0.4, -0.2) is 34.8 Å². The van der Waals surface area contributed by atoms with E-state index in [1.165, 1.54) is 4.90 Å². The lowest BCUT2D eigenvalue weighted by Gasteiger charge is -2.23. The van der Waals surface area contributed by atoms with Crippen molar-refractivity contribution in [2.45, 2.75) is 78.4 Å². The van der Waals surface area contributed by atoms with E-state index < -0.39 is 0 Å². The molecule has 0 aromatic heterocycles. The zero-order chi connectivity index (χ0) is 14.6. The number of amides is 2. The molecule has 0 aliphatic carbocycles. The lowest BCUT2D eigenvalue weighted by molar-refractivity contribution is -0.141. The summed E-state index contributed by atoms with van der Waals surface area (Å²) < 4.78 is 0. The summed E-state index contributed by atoms with van der Waals surface area (Å²) in [6.07, 6.45) is 3.30. The van der Waals surface area contributed by atoms with Crippen LogP contribution in [-0.2, 0) is 9.59 Å². The fourth-order valence-corrected chi connectivity index (χ4v) is 2.44. The lowest BCUT2D eigenvalue weighted by atomic mass is 10.0. The van der Waals surface area contributed by atoms with Crippen molar-refractivity contribution in [3.8, 4) is 0 Å². The molecule has 3 atom stereocenters. The number of carbonyl (C=O) groups excluding carboxylic acids is 2. The molecule has 4 heteroatoms. The Hall–Kier alpha value is -0.900. The van der Waals surface area contributed by atoms with E-state index in [0.29, 0.717) is 12.3 Å². The minimum Gasteiger partial charge on any atom is -0.303 e. The Bertz CT molecular complexity index is 328. The highest BCUT2D eigenvalue weighted by Gasteiger charge is 2.40. The zero-order valence-corrected chi connectivity index (χ0v) is 12.9. The Labute approximate surface area is 116 Å². The first-order valence-electron chi connectivity index (χ1n) is 7.48. The van der Waals surface area contributed by atoms with Crippen LogP contribution >= 0.6 is 0 Å². The summed E-state index contributed by atoms with van der Waals surface area (Å²) in [7, 11) is 0. The summed E-state index contributed by atoms with van der Waals surface area (Å²) in [6.45, 7) is 10.4. The average molecular weight is 268 g/mol. The molecule has 19 heavy (non-hydrogen) atoms. The van der Waals surface area contributed by atoms with Crippen LogP contribution in [0.4, 0.5) is 0 Å². The number of nitrogens with zero attached hydrogens (tertiary/aromatic N) is 1. The molecule has 0 radical (unpaired) electrons. The third-order valence-corrected chi connectivity index (χ3v) is 3.88. The van der Waals surface area contributed by atoms with Gasteiger partial charge in [0.15, 0.2) is 0 Å². The Morgan fingerprint density at radius 1 is 1.21 bits per heavy atom. The van der Waals surface area contributed by atoms with Crippen LogP contribution in [0.5, 0.6) is 0 Å². The van der Waals surface area contributed by atoms with E-state index in [2.05, 4.69) is 26.1 Å². The van der Waals surface area contributed by atoms with Crippen LogP contribution in [0.1, 0.15) is 60.3 Å². The van der Waals surface area contributed by atoms with Crippen molar-refractivity contribution in [3.63, 3.8) is 0 Å². The molecule has 0 aromatic carbocycles. The average Bonchev–Trinajstić information content (AvgIpc) is 2.61. The van der Waals surface area contributed by atoms with Crippen LogP contribution in [0.15, 0.2) is 0 Å². The van der Waals surface area contributed by atoms with Crippen LogP contribution in [0.3, 0.4) is 0 Å². The van der Waals surface area contributed by atoms with Crippen molar-refractivity contribution in [2.24, 2.45) is 5.92 Å². The fraction of sp³-hybridized carbons (Fsp3) is 0.867. The summed E-state index contributed by atoms with van der Waals surface area (Å²) in [4.78, 5) is 25.6. The number of imide groups is 1. The molecule has 2 amide bonds. The lowest BCUT2D eigenvalue weighted by Crippen LogP contribution is -2.45. The predicted octanol–water partition coefficient (Wildman–Crippen LogP) is 2.33. The first-order chi connectivity index (χ1) is 8.86. The van der Waals surface area contributed by atoms with E-state index in [-0.39, 0.29) is 29.9 Å². The van der Waals surface area contributed by atoms with Crippen molar-refractivity contribution in [2.75, 3.05) is 0 Å². The minimum absolute atomic E-state index is 0.0118. The van der Waals surface area contributed by atoms with Gasteiger partial charge in [-0.1, -0.05) is 20.8 Å². The maximum Gasteiger partial charge on any atom is 0.247 e. The molecule has 0 aromatic rings. The van der Waals surface area contributed by atoms with Crippen molar-refractivity contribution in [3.05, 3.63) is 0 Å². The number of hydrogen-bond acceptors (Lipinski definition) is 3. The summed E-state index contributed by atoms with van der Waals surface area (Å²) in [5, 5.41) is 3.31. The second kappa shape index (κ2) is 7.04. The van der Waals surface area contributed by atoms with E-state index in [0.717, 1.165) is 19.3 Å². The number of rotatable bonds is 7. The predicted molar refractivity (Wildman–Crippen MR) is 76.7 cm³/mol. The summed E-state index contributed by atoms with van der Waals surface area (Å²) in [5.74, 6) is 0.588. The van der Waals surface area contributed by atoms with Crippen molar-refractivity contribution in [1.82, 2.24) is 10.2 Å². The summed E-state index contributed by atoms with van der Waals surface area (Å²) in [5.41, 5.74) is 0. The van der Waals surface area contributed by atoms with Gasteiger partial charge in [-0.3, -0.25) is 14.5 Å². The van der Waals surface area contributed by atoms with Gasteiger partial charge in [-0.15, -0.1) is 0 Å². The fourth-order valence-electron chi connectivity index (χ4n) is 2.44. The highest BCUT2D eigenvalue weighted by atomic mass is 16.2. The molecule has 3 unspecified atom stereocenters. The molecule has 1 heterocycles. The molecule has 4 nitrogen and oxygen atoms in total. The van der Waals surface area contributed by atoms with E-state index in [1.807, 2.05) is 13.8 Å². The summed E-state index contributed by atoms with van der Waals surface area (Å²) in [6, 6.07) is -0.0255. The first kappa shape index (κ1) is 16.2. The molecule has 110 valence electrons. The maximum absolute atomic E-state index is 12.2. The molecule has 1 aliphatic rings. The summed E-state index contributed by atoms with van der Waals surface area (Å²) >= 11 is 0. The van der Waals surface area contributed by atoms with E-state index >= 15 is 0 Å². The largest absolute Gasteiger partial charge is 0.303 e. The molecular weight excluding hydrogens is 240 g/mol. The van der Waals surface area contributed by atoms with E-state index in [1.54, 1.807) is 0 Å². The van der Waals surface area contributed by atoms with Crippen molar-refractivity contribution in [1.29, 1.82) is 0 Å². The van der Waals surface area contributed by atoms with Gasteiger partial charge in [0, 0.05) is 12.1 Å². The second-order valence-electron chi connectivity index (χ2n) is 6.15. The normalized spacial score (nSPS) is 23.3. The van der Waals surface area contributed by atoms with Crippen LogP contribution in [0.2, 0.25) is 0 Å². The monoisotopic (exact) mass is 268 g/mol. The first-order valence-corrected chi connectivity index (χ1v) is 7.48. The van der Waals surface area contributed by atoms with Gasteiger partial charge >= 0.3 is 0 Å². The molecule has 1 rings (SSSR count). The van der Waals surface area contributed by atoms with Crippen LogP contribution in [0, 0.1) is 5.92 Å². The standard InChI is InChI=1S/C15H28N2O2/c1-6-12(5)17-14(18)9-13(15(17)19)16-11(4)8-7-10(2)3/h10-13,16H,6-9H2,1-5H3. The third-order valence-electron chi connectivity index (χ3n) is 3.88. The van der Waals surface area contributed by atoms with Crippen LogP contribution < -0.4 is 5.32 Å². The molecule has 1 N–H and O–H groups in total. The molecule has 0 bridgehead atoms. The van der Waals surface area contributed by atoms with E-state index in [4.69, 9.17) is 0 Å². The topological polar surface area (TPSA) is 49.4 Å². The van der Waals surface area contributed by atoms with Gasteiger partial charge in [-0.25, -0.2) is 0 Å². The molecule has 1 aliphatic heterocycles. The Balaban J connectivity index is 2.52.